The average molecular weight is 366 g/mol. The average Bonchev–Trinajstić information content (AvgIpc) is 3.05. The van der Waals surface area contributed by atoms with Crippen LogP contribution in [-0.2, 0) is 0 Å². The molecule has 0 radical (unpaired) electrons. The first-order valence-electron chi connectivity index (χ1n) is 7.18. The van der Waals surface area contributed by atoms with Crippen molar-refractivity contribution in [3.05, 3.63) is 83.2 Å². The van der Waals surface area contributed by atoms with Crippen LogP contribution in [0.15, 0.2) is 33.9 Å². The first-order valence-corrected chi connectivity index (χ1v) is 7.18. The van der Waals surface area contributed by atoms with Crippen LogP contribution in [0.4, 0.5) is 5.69 Å². The van der Waals surface area contributed by atoms with Gasteiger partial charge in [0.2, 0.25) is 0 Å². The predicted octanol–water partition coefficient (Wildman–Crippen LogP) is 1.85. The van der Waals surface area contributed by atoms with Crippen molar-refractivity contribution in [3.8, 4) is 0 Å². The Morgan fingerprint density at radius 1 is 0.880 bits per heavy atom. The van der Waals surface area contributed by atoms with Crippen molar-refractivity contribution in [1.82, 2.24) is 20.4 Å². The molecule has 3 aromatic rings. The Balaban J connectivity index is 0.00000225. The van der Waals surface area contributed by atoms with E-state index in [1.165, 1.54) is 12.1 Å². The monoisotopic (exact) mass is 365 g/mol. The number of nitro benzene ring substituents is 1. The van der Waals surface area contributed by atoms with Crippen molar-refractivity contribution in [2.75, 3.05) is 0 Å². The Kier molecular flexibility index (Phi) is 4.98. The van der Waals surface area contributed by atoms with E-state index in [1.54, 1.807) is 26.0 Å². The third-order valence-corrected chi connectivity index (χ3v) is 4.04. The molecule has 0 aliphatic rings. The molecule has 4 N–H and O–H groups in total. The van der Waals surface area contributed by atoms with Crippen LogP contribution in [0.3, 0.4) is 0 Å². The maximum atomic E-state index is 12.2. The lowest BCUT2D eigenvalue weighted by molar-refractivity contribution is -0.384. The molecule has 0 saturated heterocycles. The van der Waals surface area contributed by atoms with Crippen LogP contribution < -0.4 is 11.1 Å². The molecule has 1 aromatic carbocycles. The Hall–Kier alpha value is -3.07. The van der Waals surface area contributed by atoms with Crippen molar-refractivity contribution < 1.29 is 4.92 Å². The first kappa shape index (κ1) is 18.3. The summed E-state index contributed by atoms with van der Waals surface area (Å²) in [5, 5.41) is 21.4. The largest absolute Gasteiger partial charge is 0.302 e. The van der Waals surface area contributed by atoms with Crippen LogP contribution in [0.25, 0.3) is 0 Å². The molecule has 0 aliphatic heterocycles. The number of hydrogen-bond donors (Lipinski definition) is 4. The third-order valence-electron chi connectivity index (χ3n) is 4.04. The Bertz CT molecular complexity index is 957. The Morgan fingerprint density at radius 3 is 1.64 bits per heavy atom. The fourth-order valence-electron chi connectivity index (χ4n) is 2.87. The fraction of sp³-hybridized carbons (Fsp3) is 0.200. The van der Waals surface area contributed by atoms with Gasteiger partial charge in [0.05, 0.1) is 16.1 Å². The van der Waals surface area contributed by atoms with E-state index in [9.17, 15) is 19.7 Å². The molecule has 0 unspecified atom stereocenters. The number of nitrogens with one attached hydrogen (secondary N) is 4. The van der Waals surface area contributed by atoms with Gasteiger partial charge in [0.25, 0.3) is 16.8 Å². The van der Waals surface area contributed by atoms with E-state index >= 15 is 0 Å². The second-order valence-corrected chi connectivity index (χ2v) is 5.52. The maximum absolute atomic E-state index is 12.2. The number of nitrogens with zero attached hydrogens (tertiary/aromatic N) is 1. The van der Waals surface area contributed by atoms with Gasteiger partial charge in [-0.25, -0.2) is 0 Å². The van der Waals surface area contributed by atoms with Crippen molar-refractivity contribution >= 4 is 18.1 Å². The molecular formula is C15H16ClN5O4. The van der Waals surface area contributed by atoms with Gasteiger partial charge < -0.3 is 10.2 Å². The summed E-state index contributed by atoms with van der Waals surface area (Å²) in [7, 11) is 0. The standard InChI is InChI=1S/C15H15N5O4.ClH/c1-7-11(14(21)18-16-7)13(12-8(2)17-19-15(12)22)9-3-5-10(6-4-9)20(23)24;/h3-6,13H,1-2H3,(H2,16,18,21)(H2,17,19,22);1H. The lowest BCUT2D eigenvalue weighted by Crippen LogP contribution is -2.20. The van der Waals surface area contributed by atoms with Gasteiger partial charge in [-0.2, -0.15) is 0 Å². The number of H-pyrrole nitrogens is 4. The van der Waals surface area contributed by atoms with Crippen molar-refractivity contribution in [2.45, 2.75) is 19.8 Å². The minimum absolute atomic E-state index is 0. The normalized spacial score (nSPS) is 10.7. The molecule has 0 amide bonds. The zero-order valence-corrected chi connectivity index (χ0v) is 14.2. The van der Waals surface area contributed by atoms with E-state index in [0.29, 0.717) is 28.1 Å². The number of aromatic nitrogens is 4. The van der Waals surface area contributed by atoms with Crippen LogP contribution in [0.2, 0.25) is 0 Å². The number of rotatable bonds is 4. The number of benzene rings is 1. The Labute approximate surface area is 147 Å². The van der Waals surface area contributed by atoms with Crippen LogP contribution in [-0.4, -0.2) is 25.3 Å². The summed E-state index contributed by atoms with van der Waals surface area (Å²) in [6, 6.07) is 5.82. The molecule has 0 bridgehead atoms. The van der Waals surface area contributed by atoms with E-state index in [1.807, 2.05) is 0 Å². The molecule has 0 fully saturated rings. The lowest BCUT2D eigenvalue weighted by atomic mass is 9.85. The lowest BCUT2D eigenvalue weighted by Gasteiger charge is -2.15. The highest BCUT2D eigenvalue weighted by molar-refractivity contribution is 5.85. The van der Waals surface area contributed by atoms with Crippen LogP contribution in [0, 0.1) is 24.0 Å². The quantitative estimate of drug-likeness (QED) is 0.413. The van der Waals surface area contributed by atoms with Crippen molar-refractivity contribution in [3.63, 3.8) is 0 Å². The third kappa shape index (κ3) is 3.13. The van der Waals surface area contributed by atoms with Gasteiger partial charge in [-0.15, -0.1) is 12.4 Å². The second-order valence-electron chi connectivity index (χ2n) is 5.52. The van der Waals surface area contributed by atoms with E-state index in [0.717, 1.165) is 0 Å². The molecular weight excluding hydrogens is 350 g/mol. The molecule has 0 aliphatic carbocycles. The highest BCUT2D eigenvalue weighted by Gasteiger charge is 2.28. The molecule has 3 rings (SSSR count). The number of nitro groups is 1. The SMILES string of the molecule is Cc1[nH][nH]c(=O)c1C(c1ccc([N+](=O)[O-])cc1)c1c(C)[nH][nH]c1=O.Cl. The summed E-state index contributed by atoms with van der Waals surface area (Å²) in [6.45, 7) is 3.45. The minimum Gasteiger partial charge on any atom is -0.302 e. The molecule has 2 aromatic heterocycles. The number of hydrogen-bond acceptors (Lipinski definition) is 4. The molecule has 10 heteroatoms. The summed E-state index contributed by atoms with van der Waals surface area (Å²) < 4.78 is 0. The van der Waals surface area contributed by atoms with Gasteiger partial charge >= 0.3 is 0 Å². The summed E-state index contributed by atoms with van der Waals surface area (Å²) in [4.78, 5) is 34.8. The van der Waals surface area contributed by atoms with Crippen LogP contribution in [0.5, 0.6) is 0 Å². The summed E-state index contributed by atoms with van der Waals surface area (Å²) >= 11 is 0. The molecule has 0 spiro atoms. The predicted molar refractivity (Wildman–Crippen MR) is 93.6 cm³/mol. The van der Waals surface area contributed by atoms with E-state index in [-0.39, 0.29) is 29.2 Å². The fourth-order valence-corrected chi connectivity index (χ4v) is 2.87. The number of aryl methyl sites for hydroxylation is 2. The molecule has 9 nitrogen and oxygen atoms in total. The van der Waals surface area contributed by atoms with Crippen LogP contribution >= 0.6 is 12.4 Å². The molecule has 0 atom stereocenters. The smallest absolute Gasteiger partial charge is 0.269 e. The van der Waals surface area contributed by atoms with E-state index in [2.05, 4.69) is 20.4 Å². The van der Waals surface area contributed by atoms with Gasteiger partial charge in [-0.05, 0) is 19.4 Å². The highest BCUT2D eigenvalue weighted by Crippen LogP contribution is 2.31. The highest BCUT2D eigenvalue weighted by atomic mass is 35.5. The van der Waals surface area contributed by atoms with E-state index in [4.69, 9.17) is 0 Å². The van der Waals surface area contributed by atoms with Gasteiger partial charge in [0.15, 0.2) is 0 Å². The summed E-state index contributed by atoms with van der Waals surface area (Å²) in [6.07, 6.45) is 0. The molecule has 0 saturated carbocycles. The van der Waals surface area contributed by atoms with Gasteiger partial charge in [0.1, 0.15) is 0 Å². The second kappa shape index (κ2) is 6.81. The topological polar surface area (TPSA) is 140 Å². The first-order chi connectivity index (χ1) is 11.4. The summed E-state index contributed by atoms with van der Waals surface area (Å²) in [5.41, 5.74) is 1.88. The van der Waals surface area contributed by atoms with Crippen molar-refractivity contribution in [1.29, 1.82) is 0 Å². The summed E-state index contributed by atoms with van der Waals surface area (Å²) in [5.74, 6) is -0.643. The van der Waals surface area contributed by atoms with E-state index < -0.39 is 10.8 Å². The zero-order valence-electron chi connectivity index (χ0n) is 13.4. The number of halogens is 1. The van der Waals surface area contributed by atoms with Gasteiger partial charge in [-0.3, -0.25) is 29.9 Å². The van der Waals surface area contributed by atoms with Gasteiger partial charge in [-0.1, -0.05) is 12.1 Å². The maximum Gasteiger partial charge on any atom is 0.269 e. The molecule has 25 heavy (non-hydrogen) atoms. The van der Waals surface area contributed by atoms with Gasteiger partial charge in [0, 0.05) is 29.4 Å². The van der Waals surface area contributed by atoms with Crippen molar-refractivity contribution in [2.24, 2.45) is 0 Å². The number of aromatic amines is 4. The van der Waals surface area contributed by atoms with Crippen LogP contribution in [0.1, 0.15) is 34.0 Å². The minimum atomic E-state index is -0.643. The molecule has 2 heterocycles. The Morgan fingerprint density at radius 2 is 1.32 bits per heavy atom. The number of non-ortho nitro benzene ring substituents is 1. The zero-order chi connectivity index (χ0) is 17.4. The molecule has 132 valence electrons.